The molecule has 2 aliphatic rings. The van der Waals surface area contributed by atoms with Crippen LogP contribution in [0.1, 0.15) is 5.56 Å². The van der Waals surface area contributed by atoms with E-state index in [0.717, 1.165) is 25.3 Å². The number of pyridine rings is 1. The minimum Gasteiger partial charge on any atom is -0.475 e. The minimum absolute atomic E-state index is 0.0508. The van der Waals surface area contributed by atoms with Crippen molar-refractivity contribution < 1.29 is 36.9 Å². The molecule has 4 heterocycles. The summed E-state index contributed by atoms with van der Waals surface area (Å²) in [6.07, 6.45) is 0.863. The Kier molecular flexibility index (Phi) is 7.01. The smallest absolute Gasteiger partial charge is 0.475 e. The lowest BCUT2D eigenvalue weighted by atomic mass is 9.82. The number of ether oxygens (including phenoxy) is 2. The van der Waals surface area contributed by atoms with Crippen molar-refractivity contribution >= 4 is 11.9 Å². The van der Waals surface area contributed by atoms with Crippen LogP contribution in [0.25, 0.3) is 0 Å². The highest BCUT2D eigenvalue weighted by atomic mass is 19.4. The molecule has 2 atom stereocenters. The number of carboxylic acids is 1. The zero-order valence-corrected chi connectivity index (χ0v) is 16.3. The molecule has 0 bridgehead atoms. The number of halogens is 4. The van der Waals surface area contributed by atoms with Crippen LogP contribution in [-0.2, 0) is 20.9 Å². The number of aliphatic carboxylic acids is 1. The van der Waals surface area contributed by atoms with Crippen LogP contribution in [0.4, 0.5) is 23.5 Å². The number of alkyl halides is 3. The average molecular weight is 444 g/mol. The Morgan fingerprint density at radius 2 is 1.94 bits per heavy atom. The van der Waals surface area contributed by atoms with E-state index in [-0.39, 0.29) is 5.41 Å². The van der Waals surface area contributed by atoms with Gasteiger partial charge >= 0.3 is 12.1 Å². The van der Waals surface area contributed by atoms with E-state index >= 15 is 0 Å². The molecule has 2 aromatic rings. The Labute approximate surface area is 174 Å². The molecular weight excluding hydrogens is 424 g/mol. The van der Waals surface area contributed by atoms with Crippen LogP contribution in [0, 0.1) is 17.2 Å². The average Bonchev–Trinajstić information content (AvgIpc) is 3.26. The van der Waals surface area contributed by atoms with Crippen LogP contribution in [0.2, 0.25) is 0 Å². The third-order valence-corrected chi connectivity index (χ3v) is 5.06. The Balaban J connectivity index is 0.000000339. The molecule has 2 saturated heterocycles. The lowest BCUT2D eigenvalue weighted by Gasteiger charge is -2.26. The first kappa shape index (κ1) is 22.8. The summed E-state index contributed by atoms with van der Waals surface area (Å²) in [6, 6.07) is 3.90. The Hall–Kier alpha value is -2.86. The highest BCUT2D eigenvalue weighted by Crippen LogP contribution is 2.42. The first-order chi connectivity index (χ1) is 14.7. The van der Waals surface area contributed by atoms with Gasteiger partial charge in [0, 0.05) is 36.8 Å². The molecule has 0 aromatic carbocycles. The molecule has 12 heteroatoms. The number of carboxylic acid groups (broad SMARTS) is 1. The van der Waals surface area contributed by atoms with Gasteiger partial charge in [0.2, 0.25) is 5.95 Å². The minimum atomic E-state index is -5.08. The molecule has 0 spiro atoms. The molecule has 0 amide bonds. The molecule has 4 rings (SSSR count). The van der Waals surface area contributed by atoms with Crippen molar-refractivity contribution in [1.82, 2.24) is 15.0 Å². The van der Waals surface area contributed by atoms with Gasteiger partial charge in [0.15, 0.2) is 5.82 Å². The molecule has 0 radical (unpaired) electrons. The molecule has 168 valence electrons. The number of carbonyl (C=O) groups is 1. The lowest BCUT2D eigenvalue weighted by Crippen LogP contribution is -2.36. The third kappa shape index (κ3) is 5.85. The first-order valence-electron chi connectivity index (χ1n) is 9.27. The van der Waals surface area contributed by atoms with E-state index in [4.69, 9.17) is 19.4 Å². The SMILES string of the molecule is Fc1cnc(N2C[C@@H]3COC[C@]3(COCc3ccncc3)C2)nc1.O=C(O)C(F)(F)F. The van der Waals surface area contributed by atoms with Gasteiger partial charge in [-0.05, 0) is 17.7 Å². The summed E-state index contributed by atoms with van der Waals surface area (Å²) in [4.78, 5) is 23.2. The van der Waals surface area contributed by atoms with Crippen molar-refractivity contribution in [2.45, 2.75) is 12.8 Å². The highest BCUT2D eigenvalue weighted by Gasteiger charge is 2.51. The summed E-state index contributed by atoms with van der Waals surface area (Å²) in [5, 5.41) is 7.12. The van der Waals surface area contributed by atoms with Crippen LogP contribution in [-0.4, -0.2) is 65.1 Å². The van der Waals surface area contributed by atoms with Crippen molar-refractivity contribution in [2.75, 3.05) is 37.8 Å². The fourth-order valence-electron chi connectivity index (χ4n) is 3.51. The number of aromatic nitrogens is 3. The van der Waals surface area contributed by atoms with Gasteiger partial charge in [0.05, 0.1) is 38.8 Å². The summed E-state index contributed by atoms with van der Waals surface area (Å²) in [7, 11) is 0. The Bertz CT molecular complexity index is 869. The maximum absolute atomic E-state index is 13.0. The lowest BCUT2D eigenvalue weighted by molar-refractivity contribution is -0.192. The van der Waals surface area contributed by atoms with Crippen molar-refractivity contribution in [1.29, 1.82) is 0 Å². The van der Waals surface area contributed by atoms with Gasteiger partial charge in [0.1, 0.15) is 0 Å². The van der Waals surface area contributed by atoms with E-state index in [2.05, 4.69) is 19.9 Å². The molecule has 1 N–H and O–H groups in total. The van der Waals surface area contributed by atoms with E-state index in [1.165, 1.54) is 12.4 Å². The van der Waals surface area contributed by atoms with Crippen molar-refractivity contribution in [3.8, 4) is 0 Å². The summed E-state index contributed by atoms with van der Waals surface area (Å²) >= 11 is 0. The molecule has 0 unspecified atom stereocenters. The summed E-state index contributed by atoms with van der Waals surface area (Å²) in [6.45, 7) is 4.15. The Morgan fingerprint density at radius 3 is 2.55 bits per heavy atom. The molecule has 0 saturated carbocycles. The molecule has 2 aromatic heterocycles. The number of fused-ring (bicyclic) bond motifs is 1. The molecule has 31 heavy (non-hydrogen) atoms. The van der Waals surface area contributed by atoms with Crippen LogP contribution >= 0.6 is 0 Å². The molecule has 2 aliphatic heterocycles. The fourth-order valence-corrected chi connectivity index (χ4v) is 3.51. The maximum atomic E-state index is 13.0. The second-order valence-corrected chi connectivity index (χ2v) is 7.31. The van der Waals surface area contributed by atoms with Crippen molar-refractivity contribution in [2.24, 2.45) is 11.3 Å². The second kappa shape index (κ2) is 9.52. The number of rotatable bonds is 5. The van der Waals surface area contributed by atoms with Crippen LogP contribution in [0.5, 0.6) is 0 Å². The maximum Gasteiger partial charge on any atom is 0.490 e. The summed E-state index contributed by atoms with van der Waals surface area (Å²) in [5.41, 5.74) is 1.05. The van der Waals surface area contributed by atoms with E-state index in [0.29, 0.717) is 31.7 Å². The zero-order chi connectivity index (χ0) is 22.5. The molecular formula is C19H20F4N4O4. The standard InChI is InChI=1S/C17H19FN4O2.C2HF3O2/c18-15-5-20-16(21-6-15)22-7-14-9-24-12-17(14,10-22)11-23-8-13-1-3-19-4-2-13;3-2(4,5)1(6)7/h1-6,14H,7-12H2;(H,6,7)/t14-,17-;/m1./s1. The van der Waals surface area contributed by atoms with E-state index in [1.807, 2.05) is 12.1 Å². The van der Waals surface area contributed by atoms with Gasteiger partial charge in [-0.2, -0.15) is 13.2 Å². The normalized spacial score (nSPS) is 22.6. The van der Waals surface area contributed by atoms with E-state index in [9.17, 15) is 17.6 Å². The summed E-state index contributed by atoms with van der Waals surface area (Å²) in [5.74, 6) is -2.23. The predicted octanol–water partition coefficient (Wildman–Crippen LogP) is 2.31. The number of hydrogen-bond donors (Lipinski definition) is 1. The van der Waals surface area contributed by atoms with Crippen LogP contribution in [0.15, 0.2) is 36.9 Å². The molecule has 8 nitrogen and oxygen atoms in total. The zero-order valence-electron chi connectivity index (χ0n) is 16.3. The topological polar surface area (TPSA) is 97.7 Å². The number of anilines is 1. The second-order valence-electron chi connectivity index (χ2n) is 7.31. The highest BCUT2D eigenvalue weighted by molar-refractivity contribution is 5.73. The van der Waals surface area contributed by atoms with Crippen LogP contribution < -0.4 is 4.90 Å². The first-order valence-corrected chi connectivity index (χ1v) is 9.27. The quantitative estimate of drug-likeness (QED) is 0.702. The van der Waals surface area contributed by atoms with Gasteiger partial charge in [-0.1, -0.05) is 0 Å². The van der Waals surface area contributed by atoms with Gasteiger partial charge in [-0.25, -0.2) is 19.2 Å². The van der Waals surface area contributed by atoms with E-state index in [1.54, 1.807) is 12.4 Å². The van der Waals surface area contributed by atoms with Crippen molar-refractivity contribution in [3.63, 3.8) is 0 Å². The van der Waals surface area contributed by atoms with Gasteiger partial charge in [-0.3, -0.25) is 4.98 Å². The fraction of sp³-hybridized carbons (Fsp3) is 0.474. The Morgan fingerprint density at radius 1 is 1.29 bits per heavy atom. The van der Waals surface area contributed by atoms with Gasteiger partial charge in [-0.15, -0.1) is 0 Å². The van der Waals surface area contributed by atoms with Gasteiger partial charge < -0.3 is 19.5 Å². The molecule has 2 fully saturated rings. The van der Waals surface area contributed by atoms with Gasteiger partial charge in [0.25, 0.3) is 0 Å². The molecule has 0 aliphatic carbocycles. The predicted molar refractivity (Wildman–Crippen MR) is 98.5 cm³/mol. The largest absolute Gasteiger partial charge is 0.490 e. The van der Waals surface area contributed by atoms with E-state index < -0.39 is 18.0 Å². The van der Waals surface area contributed by atoms with Crippen LogP contribution in [0.3, 0.4) is 0 Å². The summed E-state index contributed by atoms with van der Waals surface area (Å²) < 4.78 is 56.4. The van der Waals surface area contributed by atoms with Crippen molar-refractivity contribution in [3.05, 3.63) is 48.3 Å². The number of nitrogens with zero attached hydrogens (tertiary/aromatic N) is 4. The monoisotopic (exact) mass is 444 g/mol. The third-order valence-electron chi connectivity index (χ3n) is 5.06. The number of hydrogen-bond acceptors (Lipinski definition) is 7.